The summed E-state index contributed by atoms with van der Waals surface area (Å²) in [4.78, 5) is 15.8. The van der Waals surface area contributed by atoms with Gasteiger partial charge in [-0.15, -0.1) is 0 Å². The topological polar surface area (TPSA) is 34.9 Å². The van der Waals surface area contributed by atoms with E-state index >= 15 is 0 Å². The Morgan fingerprint density at radius 2 is 2.24 bits per heavy atom. The van der Waals surface area contributed by atoms with Crippen LogP contribution in [-0.4, -0.2) is 15.3 Å². The zero-order valence-electron chi connectivity index (χ0n) is 9.80. The van der Waals surface area contributed by atoms with E-state index in [0.717, 1.165) is 37.7 Å². The molecule has 88 valence electrons. The summed E-state index contributed by atoms with van der Waals surface area (Å²) < 4.78 is 2.18. The van der Waals surface area contributed by atoms with Gasteiger partial charge in [0.25, 0.3) is 0 Å². The van der Waals surface area contributed by atoms with Crippen LogP contribution in [0.5, 0.6) is 0 Å². The molecule has 1 aromatic carbocycles. The second-order valence-electron chi connectivity index (χ2n) is 4.89. The Morgan fingerprint density at radius 1 is 1.35 bits per heavy atom. The fraction of sp³-hybridized carbons (Fsp3) is 0.429. The standard InChI is InChI=1S/C14H16N2O/c17-12-5-3-4-11(8-12)9-16-10-15-13-6-1-2-7-14(13)16/h1-2,6-7,10-11H,3-5,8-9H2. The number of para-hydroxylation sites is 2. The van der Waals surface area contributed by atoms with E-state index in [1.807, 2.05) is 24.5 Å². The number of benzene rings is 1. The normalized spacial score (nSPS) is 20.9. The third-order valence-corrected chi connectivity index (χ3v) is 3.57. The SMILES string of the molecule is O=C1CCCC(Cn2cnc3ccccc32)C1. The molecule has 0 radical (unpaired) electrons. The molecule has 3 nitrogen and oxygen atoms in total. The Hall–Kier alpha value is -1.64. The van der Waals surface area contributed by atoms with E-state index in [0.29, 0.717) is 11.7 Å². The molecule has 2 aromatic rings. The molecule has 3 rings (SSSR count). The number of carbonyl (C=O) groups excluding carboxylic acids is 1. The average molecular weight is 228 g/mol. The van der Waals surface area contributed by atoms with Gasteiger partial charge in [-0.2, -0.15) is 0 Å². The van der Waals surface area contributed by atoms with Gasteiger partial charge in [-0.1, -0.05) is 12.1 Å². The molecule has 0 aliphatic heterocycles. The second-order valence-corrected chi connectivity index (χ2v) is 4.89. The molecule has 0 N–H and O–H groups in total. The van der Waals surface area contributed by atoms with Gasteiger partial charge in [-0.3, -0.25) is 4.79 Å². The van der Waals surface area contributed by atoms with Crippen LogP contribution < -0.4 is 0 Å². The first-order valence-electron chi connectivity index (χ1n) is 6.24. The Labute approximate surface area is 100 Å². The van der Waals surface area contributed by atoms with E-state index < -0.39 is 0 Å². The lowest BCUT2D eigenvalue weighted by Gasteiger charge is -2.21. The Bertz CT molecular complexity index is 544. The van der Waals surface area contributed by atoms with Crippen LogP contribution in [0.3, 0.4) is 0 Å². The first kappa shape index (κ1) is 10.5. The number of hydrogen-bond donors (Lipinski definition) is 0. The van der Waals surface area contributed by atoms with E-state index in [-0.39, 0.29) is 0 Å². The molecule has 0 amide bonds. The highest BCUT2D eigenvalue weighted by atomic mass is 16.1. The molecule has 1 saturated carbocycles. The number of nitrogens with zero attached hydrogens (tertiary/aromatic N) is 2. The van der Waals surface area contributed by atoms with Crippen molar-refractivity contribution in [2.45, 2.75) is 32.2 Å². The molecule has 17 heavy (non-hydrogen) atoms. The Kier molecular flexibility index (Phi) is 2.67. The van der Waals surface area contributed by atoms with Crippen LogP contribution in [0.1, 0.15) is 25.7 Å². The van der Waals surface area contributed by atoms with Gasteiger partial charge in [0.1, 0.15) is 5.78 Å². The highest BCUT2D eigenvalue weighted by Crippen LogP contribution is 2.24. The Morgan fingerprint density at radius 3 is 3.12 bits per heavy atom. The van der Waals surface area contributed by atoms with Crippen molar-refractivity contribution in [3.8, 4) is 0 Å². The third-order valence-electron chi connectivity index (χ3n) is 3.57. The number of Topliss-reactive ketones (excluding diaryl/α,β-unsaturated/α-hetero) is 1. The summed E-state index contributed by atoms with van der Waals surface area (Å²) >= 11 is 0. The van der Waals surface area contributed by atoms with Gasteiger partial charge in [-0.05, 0) is 30.9 Å². The van der Waals surface area contributed by atoms with Crippen LogP contribution in [-0.2, 0) is 11.3 Å². The maximum Gasteiger partial charge on any atom is 0.133 e. The lowest BCUT2D eigenvalue weighted by molar-refractivity contribution is -0.121. The van der Waals surface area contributed by atoms with Crippen molar-refractivity contribution in [1.29, 1.82) is 0 Å². The summed E-state index contributed by atoms with van der Waals surface area (Å²) in [5.41, 5.74) is 2.21. The van der Waals surface area contributed by atoms with Crippen molar-refractivity contribution in [3.05, 3.63) is 30.6 Å². The zero-order chi connectivity index (χ0) is 11.7. The van der Waals surface area contributed by atoms with Crippen LogP contribution in [0.15, 0.2) is 30.6 Å². The molecule has 1 heterocycles. The summed E-state index contributed by atoms with van der Waals surface area (Å²) in [6.07, 6.45) is 5.63. The van der Waals surface area contributed by atoms with E-state index in [2.05, 4.69) is 15.6 Å². The van der Waals surface area contributed by atoms with Crippen LogP contribution in [0.25, 0.3) is 11.0 Å². The molecule has 0 bridgehead atoms. The molecule has 1 aromatic heterocycles. The number of rotatable bonds is 2. The summed E-state index contributed by atoms with van der Waals surface area (Å²) in [7, 11) is 0. The van der Waals surface area contributed by atoms with Gasteiger partial charge in [0.15, 0.2) is 0 Å². The van der Waals surface area contributed by atoms with Gasteiger partial charge in [0.05, 0.1) is 17.4 Å². The molecule has 0 saturated heterocycles. The van der Waals surface area contributed by atoms with Crippen molar-refractivity contribution in [2.75, 3.05) is 0 Å². The summed E-state index contributed by atoms with van der Waals surface area (Å²) in [5.74, 6) is 0.916. The van der Waals surface area contributed by atoms with Crippen molar-refractivity contribution in [2.24, 2.45) is 5.92 Å². The third kappa shape index (κ3) is 2.09. The molecule has 3 heteroatoms. The van der Waals surface area contributed by atoms with Gasteiger partial charge >= 0.3 is 0 Å². The molecule has 1 atom stereocenters. The van der Waals surface area contributed by atoms with E-state index in [4.69, 9.17) is 0 Å². The molecule has 1 aliphatic rings. The van der Waals surface area contributed by atoms with Gasteiger partial charge in [-0.25, -0.2) is 4.98 Å². The highest BCUT2D eigenvalue weighted by molar-refractivity contribution is 5.79. The maximum atomic E-state index is 11.4. The first-order chi connectivity index (χ1) is 8.33. The first-order valence-corrected chi connectivity index (χ1v) is 6.24. The number of carbonyl (C=O) groups is 1. The smallest absolute Gasteiger partial charge is 0.133 e. The largest absolute Gasteiger partial charge is 0.330 e. The highest BCUT2D eigenvalue weighted by Gasteiger charge is 2.20. The van der Waals surface area contributed by atoms with Crippen molar-refractivity contribution < 1.29 is 4.79 Å². The maximum absolute atomic E-state index is 11.4. The fourth-order valence-electron chi connectivity index (χ4n) is 2.70. The number of hydrogen-bond acceptors (Lipinski definition) is 2. The lowest BCUT2D eigenvalue weighted by Crippen LogP contribution is -2.19. The average Bonchev–Trinajstić information content (AvgIpc) is 2.73. The van der Waals surface area contributed by atoms with Gasteiger partial charge in [0.2, 0.25) is 0 Å². The van der Waals surface area contributed by atoms with Crippen molar-refractivity contribution in [1.82, 2.24) is 9.55 Å². The molecular weight excluding hydrogens is 212 g/mol. The van der Waals surface area contributed by atoms with E-state index in [1.54, 1.807) is 0 Å². The van der Waals surface area contributed by atoms with Crippen molar-refractivity contribution >= 4 is 16.8 Å². The second kappa shape index (κ2) is 4.32. The number of aromatic nitrogens is 2. The molecule has 1 fully saturated rings. The van der Waals surface area contributed by atoms with Gasteiger partial charge < -0.3 is 4.57 Å². The molecule has 1 aliphatic carbocycles. The minimum atomic E-state index is 0.422. The van der Waals surface area contributed by atoms with Crippen LogP contribution in [0.2, 0.25) is 0 Å². The Balaban J connectivity index is 1.82. The van der Waals surface area contributed by atoms with Crippen LogP contribution in [0, 0.1) is 5.92 Å². The van der Waals surface area contributed by atoms with Crippen molar-refractivity contribution in [3.63, 3.8) is 0 Å². The number of ketones is 1. The fourth-order valence-corrected chi connectivity index (χ4v) is 2.70. The predicted octanol–water partition coefficient (Wildman–Crippen LogP) is 2.80. The summed E-state index contributed by atoms with van der Waals surface area (Å²) in [6, 6.07) is 8.15. The zero-order valence-corrected chi connectivity index (χ0v) is 9.80. The molecule has 1 unspecified atom stereocenters. The number of imidazole rings is 1. The quantitative estimate of drug-likeness (QED) is 0.792. The molecular formula is C14H16N2O. The predicted molar refractivity (Wildman–Crippen MR) is 66.7 cm³/mol. The van der Waals surface area contributed by atoms with E-state index in [9.17, 15) is 4.79 Å². The molecule has 0 spiro atoms. The van der Waals surface area contributed by atoms with Crippen LogP contribution >= 0.6 is 0 Å². The lowest BCUT2D eigenvalue weighted by atomic mass is 9.88. The van der Waals surface area contributed by atoms with Crippen LogP contribution in [0.4, 0.5) is 0 Å². The summed E-state index contributed by atoms with van der Waals surface area (Å²) in [5, 5.41) is 0. The minimum absolute atomic E-state index is 0.422. The van der Waals surface area contributed by atoms with E-state index in [1.165, 1.54) is 5.52 Å². The number of fused-ring (bicyclic) bond motifs is 1. The summed E-state index contributed by atoms with van der Waals surface area (Å²) in [6.45, 7) is 0.923. The van der Waals surface area contributed by atoms with Gasteiger partial charge in [0, 0.05) is 19.4 Å². The monoisotopic (exact) mass is 228 g/mol. The minimum Gasteiger partial charge on any atom is -0.330 e.